The van der Waals surface area contributed by atoms with Crippen LogP contribution in [-0.4, -0.2) is 63.1 Å². The number of carboxylic acids is 2. The Morgan fingerprint density at radius 1 is 0.972 bits per heavy atom. The van der Waals surface area contributed by atoms with E-state index in [1.54, 1.807) is 19.1 Å². The predicted octanol–water partition coefficient (Wildman–Crippen LogP) is 3.45. The molecule has 0 aliphatic carbocycles. The first kappa shape index (κ1) is 30.2. The number of hydrogen-bond acceptors (Lipinski definition) is 7. The molecule has 2 aromatic rings. The topological polar surface area (TPSA) is 162 Å². The Hall–Kier alpha value is -3.83. The molecule has 0 saturated heterocycles. The quantitative estimate of drug-likeness (QED) is 0.216. The van der Waals surface area contributed by atoms with Crippen molar-refractivity contribution in [2.24, 2.45) is 0 Å². The number of carboxylic acid groups (broad SMARTS) is 2. The summed E-state index contributed by atoms with van der Waals surface area (Å²) < 4.78 is 0. The number of nitrogens with one attached hydrogen (secondary N) is 2. The summed E-state index contributed by atoms with van der Waals surface area (Å²) in [5, 5.41) is 32.3. The van der Waals surface area contributed by atoms with E-state index in [9.17, 15) is 14.9 Å². The SMILES string of the molecule is Cc1ccc(NC(=O)C(NCCN(C(C)C)C(C)C)c2ccccc2)c([N+](=O)[O-])c1.O=C(O)C(=O)O. The average Bonchev–Trinajstić information content (AvgIpc) is 2.80. The molecular weight excluding hydrogens is 468 g/mol. The summed E-state index contributed by atoms with van der Waals surface area (Å²) in [6.07, 6.45) is 0. The lowest BCUT2D eigenvalue weighted by Gasteiger charge is -2.31. The Balaban J connectivity index is 0.000000960. The molecule has 2 aromatic carbocycles. The zero-order valence-electron chi connectivity index (χ0n) is 21.1. The number of anilines is 1. The number of benzene rings is 2. The molecular formula is C25H34N4O7. The van der Waals surface area contributed by atoms with E-state index >= 15 is 0 Å². The van der Waals surface area contributed by atoms with E-state index in [-0.39, 0.29) is 17.3 Å². The fourth-order valence-corrected chi connectivity index (χ4v) is 3.56. The van der Waals surface area contributed by atoms with E-state index < -0.39 is 22.9 Å². The average molecular weight is 503 g/mol. The van der Waals surface area contributed by atoms with Gasteiger partial charge in [0.25, 0.3) is 5.69 Å². The zero-order chi connectivity index (χ0) is 27.4. The molecule has 11 heteroatoms. The normalized spacial score (nSPS) is 11.6. The molecule has 0 bridgehead atoms. The van der Waals surface area contributed by atoms with Crippen molar-refractivity contribution in [2.45, 2.75) is 52.7 Å². The van der Waals surface area contributed by atoms with Crippen molar-refractivity contribution >= 4 is 29.2 Å². The first-order valence-corrected chi connectivity index (χ1v) is 11.4. The maximum Gasteiger partial charge on any atom is 0.414 e. The lowest BCUT2D eigenvalue weighted by atomic mass is 10.1. The molecule has 0 heterocycles. The third kappa shape index (κ3) is 9.80. The molecule has 2 rings (SSSR count). The number of rotatable bonds is 10. The maximum absolute atomic E-state index is 13.1. The van der Waals surface area contributed by atoms with Crippen LogP contribution in [0.1, 0.15) is 44.9 Å². The second-order valence-corrected chi connectivity index (χ2v) is 8.60. The molecule has 196 valence electrons. The van der Waals surface area contributed by atoms with Gasteiger partial charge in [-0.3, -0.25) is 19.8 Å². The van der Waals surface area contributed by atoms with Crippen LogP contribution < -0.4 is 10.6 Å². The number of nitrogens with zero attached hydrogens (tertiary/aromatic N) is 2. The van der Waals surface area contributed by atoms with Gasteiger partial charge >= 0.3 is 11.9 Å². The Morgan fingerprint density at radius 3 is 2.00 bits per heavy atom. The van der Waals surface area contributed by atoms with Gasteiger partial charge in [-0.25, -0.2) is 9.59 Å². The zero-order valence-corrected chi connectivity index (χ0v) is 21.1. The maximum atomic E-state index is 13.1. The third-order valence-corrected chi connectivity index (χ3v) is 5.23. The fourth-order valence-electron chi connectivity index (χ4n) is 3.56. The van der Waals surface area contributed by atoms with E-state index in [0.29, 0.717) is 18.6 Å². The van der Waals surface area contributed by atoms with Crippen molar-refractivity contribution in [1.82, 2.24) is 10.2 Å². The number of hydrogen-bond donors (Lipinski definition) is 4. The van der Waals surface area contributed by atoms with Gasteiger partial charge in [0.05, 0.1) is 4.92 Å². The molecule has 0 aliphatic rings. The second-order valence-electron chi connectivity index (χ2n) is 8.60. The number of amides is 1. The largest absolute Gasteiger partial charge is 0.473 e. The van der Waals surface area contributed by atoms with E-state index in [4.69, 9.17) is 19.8 Å². The lowest BCUT2D eigenvalue weighted by molar-refractivity contribution is -0.384. The smallest absolute Gasteiger partial charge is 0.414 e. The van der Waals surface area contributed by atoms with Crippen molar-refractivity contribution in [2.75, 3.05) is 18.4 Å². The molecule has 1 unspecified atom stereocenters. The number of carbonyl (C=O) groups excluding carboxylic acids is 1. The highest BCUT2D eigenvalue weighted by Gasteiger charge is 2.24. The molecule has 1 atom stereocenters. The highest BCUT2D eigenvalue weighted by Crippen LogP contribution is 2.26. The second kappa shape index (κ2) is 14.5. The number of nitro groups is 1. The minimum absolute atomic E-state index is 0.110. The highest BCUT2D eigenvalue weighted by atomic mass is 16.6. The molecule has 0 spiro atoms. The monoisotopic (exact) mass is 502 g/mol. The standard InChI is InChI=1S/C23H32N4O3.C2H2O4/c1-16(2)26(17(3)4)14-13-24-22(19-9-7-6-8-10-19)23(28)25-20-12-11-18(5)15-21(20)27(29)30;3-1(4)2(5)6/h6-12,15-17,22,24H,13-14H2,1-5H3,(H,25,28);(H,3,4)(H,5,6). The van der Waals surface area contributed by atoms with Crippen LogP contribution in [0.5, 0.6) is 0 Å². The molecule has 0 saturated carbocycles. The minimum Gasteiger partial charge on any atom is -0.473 e. The van der Waals surface area contributed by atoms with Crippen molar-refractivity contribution in [3.63, 3.8) is 0 Å². The van der Waals surface area contributed by atoms with Crippen LogP contribution in [0.2, 0.25) is 0 Å². The highest BCUT2D eigenvalue weighted by molar-refractivity contribution is 6.27. The predicted molar refractivity (Wildman–Crippen MR) is 136 cm³/mol. The van der Waals surface area contributed by atoms with Crippen LogP contribution in [0.25, 0.3) is 0 Å². The van der Waals surface area contributed by atoms with Crippen molar-refractivity contribution in [3.05, 3.63) is 69.8 Å². The third-order valence-electron chi connectivity index (χ3n) is 5.23. The van der Waals surface area contributed by atoms with E-state index in [0.717, 1.165) is 17.7 Å². The van der Waals surface area contributed by atoms with Gasteiger partial charge in [-0.15, -0.1) is 0 Å². The summed E-state index contributed by atoms with van der Waals surface area (Å²) in [5.41, 5.74) is 1.66. The Labute approximate surface area is 210 Å². The summed E-state index contributed by atoms with van der Waals surface area (Å²) in [4.78, 5) is 44.6. The first-order valence-electron chi connectivity index (χ1n) is 11.4. The molecule has 0 radical (unpaired) electrons. The summed E-state index contributed by atoms with van der Waals surface area (Å²) >= 11 is 0. The van der Waals surface area contributed by atoms with E-state index in [1.807, 2.05) is 30.3 Å². The fraction of sp³-hybridized carbons (Fsp3) is 0.400. The van der Waals surface area contributed by atoms with Crippen LogP contribution in [0.4, 0.5) is 11.4 Å². The summed E-state index contributed by atoms with van der Waals surface area (Å²) in [6.45, 7) is 11.8. The Kier molecular flexibility index (Phi) is 12.2. The van der Waals surface area contributed by atoms with E-state index in [1.165, 1.54) is 6.07 Å². The van der Waals surface area contributed by atoms with Crippen LogP contribution in [0.3, 0.4) is 0 Å². The van der Waals surface area contributed by atoms with Gasteiger partial charge < -0.3 is 20.8 Å². The van der Waals surface area contributed by atoms with Crippen LogP contribution in [0, 0.1) is 17.0 Å². The summed E-state index contributed by atoms with van der Waals surface area (Å²) in [7, 11) is 0. The lowest BCUT2D eigenvalue weighted by Crippen LogP contribution is -2.43. The van der Waals surface area contributed by atoms with Gasteiger partial charge in [0.2, 0.25) is 5.91 Å². The van der Waals surface area contributed by atoms with Gasteiger partial charge in [-0.2, -0.15) is 0 Å². The van der Waals surface area contributed by atoms with Gasteiger partial charge in [-0.05, 0) is 51.8 Å². The number of nitro benzene ring substituents is 1. The summed E-state index contributed by atoms with van der Waals surface area (Å²) in [6, 6.07) is 14.4. The molecule has 0 aliphatic heterocycles. The molecule has 4 N–H and O–H groups in total. The minimum atomic E-state index is -1.82. The molecule has 0 fully saturated rings. The van der Waals surface area contributed by atoms with Gasteiger partial charge in [0.1, 0.15) is 11.7 Å². The van der Waals surface area contributed by atoms with Crippen LogP contribution in [-0.2, 0) is 14.4 Å². The van der Waals surface area contributed by atoms with Crippen LogP contribution >= 0.6 is 0 Å². The number of aryl methyl sites for hydroxylation is 1. The molecule has 0 aromatic heterocycles. The van der Waals surface area contributed by atoms with Gasteiger partial charge in [0.15, 0.2) is 0 Å². The Bertz CT molecular complexity index is 1020. The molecule has 36 heavy (non-hydrogen) atoms. The van der Waals surface area contributed by atoms with E-state index in [2.05, 4.69) is 43.2 Å². The first-order chi connectivity index (χ1) is 16.8. The molecule has 11 nitrogen and oxygen atoms in total. The summed E-state index contributed by atoms with van der Waals surface area (Å²) in [5.74, 6) is -3.97. The Morgan fingerprint density at radius 2 is 1.53 bits per heavy atom. The number of carbonyl (C=O) groups is 3. The number of aliphatic carboxylic acids is 2. The van der Waals surface area contributed by atoms with Crippen molar-refractivity contribution < 1.29 is 29.5 Å². The van der Waals surface area contributed by atoms with Crippen LogP contribution in [0.15, 0.2) is 48.5 Å². The van der Waals surface area contributed by atoms with Gasteiger partial charge in [-0.1, -0.05) is 36.4 Å². The van der Waals surface area contributed by atoms with Gasteiger partial charge in [0, 0.05) is 31.2 Å². The van der Waals surface area contributed by atoms with Crippen molar-refractivity contribution in [3.8, 4) is 0 Å². The van der Waals surface area contributed by atoms with Crippen molar-refractivity contribution in [1.29, 1.82) is 0 Å². The molecule has 1 amide bonds.